The lowest BCUT2D eigenvalue weighted by Gasteiger charge is -2.08. The van der Waals surface area contributed by atoms with Crippen LogP contribution in [0.3, 0.4) is 0 Å². The minimum atomic E-state index is 0.235. The molecule has 5 heteroatoms. The maximum atomic E-state index is 5.86. The van der Waals surface area contributed by atoms with Gasteiger partial charge >= 0.3 is 0 Å². The summed E-state index contributed by atoms with van der Waals surface area (Å²) < 4.78 is 16.4. The van der Waals surface area contributed by atoms with E-state index in [4.69, 9.17) is 25.8 Å². The van der Waals surface area contributed by atoms with Crippen molar-refractivity contribution in [2.45, 2.75) is 6.92 Å². The molecule has 1 aliphatic heterocycles. The average Bonchev–Trinajstić information content (AvgIpc) is 2.94. The molecule has 0 aromatic heterocycles. The van der Waals surface area contributed by atoms with Gasteiger partial charge in [0, 0.05) is 22.9 Å². The molecule has 0 bridgehead atoms. The lowest BCUT2D eigenvalue weighted by molar-refractivity contribution is 0.174. The summed E-state index contributed by atoms with van der Waals surface area (Å²) in [5.74, 6) is 2.12. The molecule has 0 atom stereocenters. The topological polar surface area (TPSA) is 40.0 Å². The monoisotopic (exact) mass is 303 g/mol. The van der Waals surface area contributed by atoms with Crippen molar-refractivity contribution in [2.75, 3.05) is 13.4 Å². The Bertz CT molecular complexity index is 668. The van der Waals surface area contributed by atoms with Crippen LogP contribution in [0.5, 0.6) is 17.2 Å². The van der Waals surface area contributed by atoms with Crippen LogP contribution >= 0.6 is 11.6 Å². The van der Waals surface area contributed by atoms with Gasteiger partial charge in [-0.25, -0.2) is 0 Å². The van der Waals surface area contributed by atoms with Gasteiger partial charge in [-0.3, -0.25) is 4.99 Å². The van der Waals surface area contributed by atoms with Crippen LogP contribution in [0.15, 0.2) is 41.4 Å². The highest BCUT2D eigenvalue weighted by Crippen LogP contribution is 2.37. The second-order valence-electron chi connectivity index (χ2n) is 4.41. The van der Waals surface area contributed by atoms with Gasteiger partial charge in [0.2, 0.25) is 6.79 Å². The fraction of sp³-hybridized carbons (Fsp3) is 0.188. The summed E-state index contributed by atoms with van der Waals surface area (Å²) >= 11 is 5.86. The third-order valence-electron chi connectivity index (χ3n) is 2.98. The number of fused-ring (bicyclic) bond motifs is 1. The third kappa shape index (κ3) is 3.11. The van der Waals surface area contributed by atoms with Crippen LogP contribution in [-0.2, 0) is 0 Å². The van der Waals surface area contributed by atoms with Gasteiger partial charge in [-0.2, -0.15) is 0 Å². The average molecular weight is 304 g/mol. The minimum absolute atomic E-state index is 0.235. The molecule has 2 aromatic carbocycles. The predicted molar refractivity (Wildman–Crippen MR) is 82.4 cm³/mol. The van der Waals surface area contributed by atoms with Crippen LogP contribution in [-0.4, -0.2) is 19.6 Å². The Morgan fingerprint density at radius 1 is 1.19 bits per heavy atom. The first-order valence-electron chi connectivity index (χ1n) is 6.62. The summed E-state index contributed by atoms with van der Waals surface area (Å²) in [5, 5.41) is 0.687. The van der Waals surface area contributed by atoms with Gasteiger partial charge in [-0.1, -0.05) is 11.6 Å². The standard InChI is InChI=1S/C16H14ClNO3/c1-2-19-14-8-16-15(20-10-21-16)7-11(14)9-18-13-5-3-12(17)4-6-13/h3-9H,2,10H2,1H3. The van der Waals surface area contributed by atoms with Crippen molar-refractivity contribution in [2.24, 2.45) is 4.99 Å². The Labute approximate surface area is 127 Å². The molecule has 2 aromatic rings. The number of aliphatic imine (C=N–C) groups is 1. The summed E-state index contributed by atoms with van der Waals surface area (Å²) in [5.41, 5.74) is 1.66. The van der Waals surface area contributed by atoms with E-state index in [9.17, 15) is 0 Å². The van der Waals surface area contributed by atoms with E-state index in [0.29, 0.717) is 23.1 Å². The number of hydrogen-bond acceptors (Lipinski definition) is 4. The highest BCUT2D eigenvalue weighted by Gasteiger charge is 2.17. The first-order valence-corrected chi connectivity index (χ1v) is 7.00. The van der Waals surface area contributed by atoms with E-state index >= 15 is 0 Å². The molecular formula is C16H14ClNO3. The SMILES string of the molecule is CCOc1cc2c(cc1C=Nc1ccc(Cl)cc1)OCO2. The molecule has 3 rings (SSSR count). The van der Waals surface area contributed by atoms with Gasteiger partial charge in [0.05, 0.1) is 12.3 Å². The summed E-state index contributed by atoms with van der Waals surface area (Å²) in [6.45, 7) is 2.74. The molecule has 108 valence electrons. The summed E-state index contributed by atoms with van der Waals surface area (Å²) in [6, 6.07) is 11.0. The molecule has 1 aliphatic rings. The zero-order valence-electron chi connectivity index (χ0n) is 11.5. The Hall–Kier alpha value is -2.20. The van der Waals surface area contributed by atoms with Crippen LogP contribution < -0.4 is 14.2 Å². The van der Waals surface area contributed by atoms with Crippen molar-refractivity contribution in [3.63, 3.8) is 0 Å². The Morgan fingerprint density at radius 3 is 2.62 bits per heavy atom. The van der Waals surface area contributed by atoms with E-state index in [-0.39, 0.29) is 6.79 Å². The van der Waals surface area contributed by atoms with Crippen molar-refractivity contribution in [1.29, 1.82) is 0 Å². The molecule has 4 nitrogen and oxygen atoms in total. The molecule has 0 spiro atoms. The molecule has 0 N–H and O–H groups in total. The molecule has 0 saturated heterocycles. The molecule has 0 saturated carbocycles. The van der Waals surface area contributed by atoms with E-state index in [2.05, 4.69) is 4.99 Å². The normalized spacial score (nSPS) is 12.9. The van der Waals surface area contributed by atoms with Gasteiger partial charge in [-0.15, -0.1) is 0 Å². The molecule has 0 unspecified atom stereocenters. The lowest BCUT2D eigenvalue weighted by Crippen LogP contribution is -1.96. The van der Waals surface area contributed by atoms with Crippen molar-refractivity contribution in [1.82, 2.24) is 0 Å². The zero-order valence-corrected chi connectivity index (χ0v) is 12.3. The Morgan fingerprint density at radius 2 is 1.90 bits per heavy atom. The summed E-state index contributed by atoms with van der Waals surface area (Å²) in [4.78, 5) is 4.43. The molecule has 1 heterocycles. The van der Waals surface area contributed by atoms with Crippen molar-refractivity contribution in [3.05, 3.63) is 47.0 Å². The second kappa shape index (κ2) is 6.06. The van der Waals surface area contributed by atoms with E-state index in [0.717, 1.165) is 17.0 Å². The van der Waals surface area contributed by atoms with Gasteiger partial charge in [0.25, 0.3) is 0 Å². The predicted octanol–water partition coefficient (Wildman–Crippen LogP) is 4.22. The Balaban J connectivity index is 1.91. The molecule has 0 radical (unpaired) electrons. The van der Waals surface area contributed by atoms with E-state index in [1.807, 2.05) is 31.2 Å². The minimum Gasteiger partial charge on any atom is -0.493 e. The number of benzene rings is 2. The maximum absolute atomic E-state index is 5.86. The van der Waals surface area contributed by atoms with Crippen LogP contribution in [0.25, 0.3) is 0 Å². The van der Waals surface area contributed by atoms with Crippen molar-refractivity contribution < 1.29 is 14.2 Å². The molecule has 0 fully saturated rings. The van der Waals surface area contributed by atoms with Gasteiger partial charge in [0.15, 0.2) is 11.5 Å². The van der Waals surface area contributed by atoms with Crippen molar-refractivity contribution in [3.8, 4) is 17.2 Å². The lowest BCUT2D eigenvalue weighted by atomic mass is 10.2. The zero-order chi connectivity index (χ0) is 14.7. The molecule has 0 aliphatic carbocycles. The van der Waals surface area contributed by atoms with E-state index in [1.165, 1.54) is 0 Å². The molecule has 21 heavy (non-hydrogen) atoms. The summed E-state index contributed by atoms with van der Waals surface area (Å²) in [7, 11) is 0. The maximum Gasteiger partial charge on any atom is 0.231 e. The summed E-state index contributed by atoms with van der Waals surface area (Å²) in [6.07, 6.45) is 1.75. The smallest absolute Gasteiger partial charge is 0.231 e. The number of halogens is 1. The number of hydrogen-bond donors (Lipinski definition) is 0. The van der Waals surface area contributed by atoms with Gasteiger partial charge < -0.3 is 14.2 Å². The van der Waals surface area contributed by atoms with Crippen LogP contribution in [0.1, 0.15) is 12.5 Å². The van der Waals surface area contributed by atoms with Crippen molar-refractivity contribution >= 4 is 23.5 Å². The number of ether oxygens (including phenoxy) is 3. The highest BCUT2D eigenvalue weighted by molar-refractivity contribution is 6.30. The van der Waals surface area contributed by atoms with Crippen LogP contribution in [0.4, 0.5) is 5.69 Å². The highest BCUT2D eigenvalue weighted by atomic mass is 35.5. The molecular weight excluding hydrogens is 290 g/mol. The quantitative estimate of drug-likeness (QED) is 0.794. The fourth-order valence-electron chi connectivity index (χ4n) is 1.99. The molecule has 0 amide bonds. The van der Waals surface area contributed by atoms with Crippen LogP contribution in [0, 0.1) is 0 Å². The van der Waals surface area contributed by atoms with Gasteiger partial charge in [-0.05, 0) is 37.3 Å². The van der Waals surface area contributed by atoms with E-state index < -0.39 is 0 Å². The third-order valence-corrected chi connectivity index (χ3v) is 3.24. The second-order valence-corrected chi connectivity index (χ2v) is 4.85. The number of nitrogens with zero attached hydrogens (tertiary/aromatic N) is 1. The fourth-order valence-corrected chi connectivity index (χ4v) is 2.12. The largest absolute Gasteiger partial charge is 0.493 e. The Kier molecular flexibility index (Phi) is 3.97. The van der Waals surface area contributed by atoms with Crippen LogP contribution in [0.2, 0.25) is 5.02 Å². The first kappa shape index (κ1) is 13.8. The van der Waals surface area contributed by atoms with E-state index in [1.54, 1.807) is 18.3 Å². The number of rotatable bonds is 4. The first-order chi connectivity index (χ1) is 10.3. The van der Waals surface area contributed by atoms with Gasteiger partial charge in [0.1, 0.15) is 5.75 Å².